The molecule has 2 aromatic heterocycles. The molecule has 0 saturated heterocycles. The molecule has 0 amide bonds. The van der Waals surface area contributed by atoms with Crippen molar-refractivity contribution in [1.29, 1.82) is 0 Å². The van der Waals surface area contributed by atoms with Gasteiger partial charge < -0.3 is 0 Å². The largest absolute Gasteiger partial charge is 0.234 e. The minimum Gasteiger partial charge on any atom is -0.187 e. The Morgan fingerprint density at radius 3 is 2.76 bits per heavy atom. The Balaban J connectivity index is 2.00. The van der Waals surface area contributed by atoms with E-state index in [4.69, 9.17) is 11.6 Å². The van der Waals surface area contributed by atoms with E-state index < -0.39 is 0 Å². The molecule has 2 aromatic carbocycles. The number of nitrogens with zero attached hydrogens (tertiary/aromatic N) is 4. The van der Waals surface area contributed by atoms with E-state index in [1.165, 1.54) is 0 Å². The molecule has 4 nitrogen and oxygen atoms in total. The van der Waals surface area contributed by atoms with Crippen molar-refractivity contribution < 1.29 is 0 Å². The predicted molar refractivity (Wildman–Crippen MR) is 86.0 cm³/mol. The molecule has 0 spiro atoms. The molecule has 0 aliphatic heterocycles. The van der Waals surface area contributed by atoms with Gasteiger partial charge in [-0.05, 0) is 11.5 Å². The molecule has 0 atom stereocenters. The summed E-state index contributed by atoms with van der Waals surface area (Å²) in [6.07, 6.45) is 0.811. The first-order chi connectivity index (χ1) is 10.3. The van der Waals surface area contributed by atoms with Crippen molar-refractivity contribution in [2.75, 3.05) is 0 Å². The lowest BCUT2D eigenvalue weighted by atomic mass is 10.1. The molecule has 0 aliphatic carbocycles. The smallest absolute Gasteiger partial charge is 0.187 e. The van der Waals surface area contributed by atoms with E-state index in [0.29, 0.717) is 0 Å². The van der Waals surface area contributed by atoms with E-state index in [2.05, 4.69) is 27.4 Å². The van der Waals surface area contributed by atoms with Crippen molar-refractivity contribution in [3.8, 4) is 10.6 Å². The fraction of sp³-hybridized carbons (Fsp3) is 0.133. The number of benzene rings is 2. The molecule has 104 valence electrons. The van der Waals surface area contributed by atoms with Gasteiger partial charge in [0.15, 0.2) is 5.82 Å². The zero-order valence-electron chi connectivity index (χ0n) is 11.2. The van der Waals surface area contributed by atoms with Gasteiger partial charge in [0, 0.05) is 22.4 Å². The van der Waals surface area contributed by atoms with Crippen LogP contribution in [0, 0.1) is 0 Å². The average Bonchev–Trinajstić information content (AvgIpc) is 3.07. The molecule has 0 radical (unpaired) electrons. The van der Waals surface area contributed by atoms with E-state index in [1.807, 2.05) is 35.7 Å². The summed E-state index contributed by atoms with van der Waals surface area (Å²) in [6, 6.07) is 12.0. The number of aryl methyl sites for hydroxylation is 1. The monoisotopic (exact) mass is 314 g/mol. The van der Waals surface area contributed by atoms with Gasteiger partial charge in [0.05, 0.1) is 0 Å². The molecule has 0 N–H and O–H groups in total. The molecule has 0 saturated carbocycles. The van der Waals surface area contributed by atoms with Crippen LogP contribution in [0.15, 0.2) is 36.4 Å². The van der Waals surface area contributed by atoms with Gasteiger partial charge >= 0.3 is 0 Å². The van der Waals surface area contributed by atoms with Crippen molar-refractivity contribution in [1.82, 2.24) is 19.8 Å². The third kappa shape index (κ3) is 1.92. The van der Waals surface area contributed by atoms with Gasteiger partial charge in [0.2, 0.25) is 4.96 Å². The third-order valence-corrected chi connectivity index (χ3v) is 4.73. The Morgan fingerprint density at radius 2 is 1.90 bits per heavy atom. The van der Waals surface area contributed by atoms with Gasteiger partial charge in [-0.1, -0.05) is 60.2 Å². The van der Waals surface area contributed by atoms with Crippen LogP contribution in [0.2, 0.25) is 5.02 Å². The number of aromatic nitrogens is 4. The van der Waals surface area contributed by atoms with E-state index in [-0.39, 0.29) is 0 Å². The normalized spacial score (nSPS) is 11.5. The lowest BCUT2D eigenvalue weighted by molar-refractivity contribution is 0.838. The van der Waals surface area contributed by atoms with Gasteiger partial charge in [-0.2, -0.15) is 9.61 Å². The fourth-order valence-electron chi connectivity index (χ4n) is 2.44. The second kappa shape index (κ2) is 4.79. The quantitative estimate of drug-likeness (QED) is 0.556. The van der Waals surface area contributed by atoms with Gasteiger partial charge in [-0.3, -0.25) is 0 Å². The highest BCUT2D eigenvalue weighted by molar-refractivity contribution is 7.19. The maximum atomic E-state index is 6.28. The Labute approximate surface area is 130 Å². The zero-order valence-corrected chi connectivity index (χ0v) is 12.8. The molecule has 4 rings (SSSR count). The van der Waals surface area contributed by atoms with Crippen LogP contribution in [0.4, 0.5) is 0 Å². The van der Waals surface area contributed by atoms with Crippen molar-refractivity contribution >= 4 is 38.7 Å². The van der Waals surface area contributed by atoms with Crippen LogP contribution in [0.25, 0.3) is 26.3 Å². The number of rotatable bonds is 2. The molecule has 0 aliphatic rings. The molecule has 0 bridgehead atoms. The Bertz CT molecular complexity index is 957. The molecular weight excluding hydrogens is 304 g/mol. The number of hydrogen-bond acceptors (Lipinski definition) is 4. The summed E-state index contributed by atoms with van der Waals surface area (Å²) in [5, 5.41) is 16.8. The lowest BCUT2D eigenvalue weighted by Gasteiger charge is -2.04. The predicted octanol–water partition coefficient (Wildman–Crippen LogP) is 4.22. The summed E-state index contributed by atoms with van der Waals surface area (Å²) in [6.45, 7) is 2.05. The third-order valence-electron chi connectivity index (χ3n) is 3.47. The Kier molecular flexibility index (Phi) is 2.90. The summed E-state index contributed by atoms with van der Waals surface area (Å²) in [4.78, 5) is 0.820. The summed E-state index contributed by atoms with van der Waals surface area (Å²) in [5.74, 6) is 0.880. The van der Waals surface area contributed by atoms with Gasteiger partial charge in [0.25, 0.3) is 0 Å². The number of halogens is 1. The van der Waals surface area contributed by atoms with Crippen LogP contribution >= 0.6 is 22.9 Å². The van der Waals surface area contributed by atoms with Crippen LogP contribution in [0.1, 0.15) is 12.7 Å². The average molecular weight is 315 g/mol. The highest BCUT2D eigenvalue weighted by Gasteiger charge is 2.14. The van der Waals surface area contributed by atoms with Crippen molar-refractivity contribution in [3.63, 3.8) is 0 Å². The highest BCUT2D eigenvalue weighted by atomic mass is 35.5. The highest BCUT2D eigenvalue weighted by Crippen LogP contribution is 2.34. The summed E-state index contributed by atoms with van der Waals surface area (Å²) in [5.41, 5.74) is 1.08. The van der Waals surface area contributed by atoms with E-state index in [1.54, 1.807) is 11.3 Å². The summed E-state index contributed by atoms with van der Waals surface area (Å²) >= 11 is 7.82. The first-order valence-electron chi connectivity index (χ1n) is 6.66. The topological polar surface area (TPSA) is 43.1 Å². The lowest BCUT2D eigenvalue weighted by Crippen LogP contribution is -1.93. The molecule has 21 heavy (non-hydrogen) atoms. The first kappa shape index (κ1) is 12.7. The van der Waals surface area contributed by atoms with E-state index in [9.17, 15) is 0 Å². The van der Waals surface area contributed by atoms with Crippen LogP contribution in [-0.2, 0) is 6.42 Å². The van der Waals surface area contributed by atoms with Crippen molar-refractivity contribution in [2.24, 2.45) is 0 Å². The van der Waals surface area contributed by atoms with Crippen molar-refractivity contribution in [3.05, 3.63) is 47.2 Å². The molecule has 0 fully saturated rings. The van der Waals surface area contributed by atoms with Gasteiger partial charge in [-0.15, -0.1) is 10.2 Å². The Morgan fingerprint density at radius 1 is 1.10 bits per heavy atom. The fourth-order valence-corrected chi connectivity index (χ4v) is 3.58. The minimum atomic E-state index is 0.756. The Hall–Kier alpha value is -1.98. The van der Waals surface area contributed by atoms with E-state index >= 15 is 0 Å². The van der Waals surface area contributed by atoms with Crippen LogP contribution in [-0.4, -0.2) is 19.8 Å². The van der Waals surface area contributed by atoms with Gasteiger partial charge in [0.1, 0.15) is 5.01 Å². The van der Waals surface area contributed by atoms with Crippen molar-refractivity contribution in [2.45, 2.75) is 13.3 Å². The summed E-state index contributed by atoms with van der Waals surface area (Å²) < 4.78 is 1.82. The summed E-state index contributed by atoms with van der Waals surface area (Å²) in [7, 11) is 0. The van der Waals surface area contributed by atoms with Crippen LogP contribution in [0.5, 0.6) is 0 Å². The SMILES string of the molecule is CCc1nnc2sc(-c3cccc4c(Cl)cccc34)nn12. The maximum absolute atomic E-state index is 6.28. The first-order valence-corrected chi connectivity index (χ1v) is 7.86. The number of hydrogen-bond donors (Lipinski definition) is 0. The van der Waals surface area contributed by atoms with Crippen LogP contribution in [0.3, 0.4) is 0 Å². The molecule has 0 unspecified atom stereocenters. The standard InChI is InChI=1S/C15H11ClN4S/c1-2-13-17-18-15-20(13)19-14(21-15)11-7-3-6-10-9(11)5-4-8-12(10)16/h3-8H,2H2,1H3. The molecule has 6 heteroatoms. The molecular formula is C15H11ClN4S. The number of fused-ring (bicyclic) bond motifs is 2. The van der Waals surface area contributed by atoms with E-state index in [0.717, 1.165) is 43.6 Å². The van der Waals surface area contributed by atoms with Gasteiger partial charge in [-0.25, -0.2) is 0 Å². The minimum absolute atomic E-state index is 0.756. The zero-order chi connectivity index (χ0) is 14.4. The second-order valence-electron chi connectivity index (χ2n) is 4.71. The molecule has 4 aromatic rings. The molecule has 2 heterocycles. The van der Waals surface area contributed by atoms with Crippen LogP contribution < -0.4 is 0 Å². The maximum Gasteiger partial charge on any atom is 0.234 e. The second-order valence-corrected chi connectivity index (χ2v) is 6.08.